The highest BCUT2D eigenvalue weighted by atomic mass is 32.2. The van der Waals surface area contributed by atoms with Gasteiger partial charge in [0.25, 0.3) is 0 Å². The summed E-state index contributed by atoms with van der Waals surface area (Å²) in [6, 6.07) is 10.8. The fourth-order valence-electron chi connectivity index (χ4n) is 3.14. The summed E-state index contributed by atoms with van der Waals surface area (Å²) >= 11 is 0. The standard InChI is InChI=1S/C18H18N4O2S/c1-25(23,24)15-6-2-5-14(10-15)22-17-7-9-20-12-16(17)18(21-22)13-4-3-8-19-11-13/h2-6,8,10-11,20H,7,9,12H2,1H3. The second kappa shape index (κ2) is 6.09. The molecule has 0 fully saturated rings. The van der Waals surface area contributed by atoms with Crippen LogP contribution in [-0.4, -0.2) is 36.0 Å². The summed E-state index contributed by atoms with van der Waals surface area (Å²) < 4.78 is 25.6. The van der Waals surface area contributed by atoms with Crippen LogP contribution in [0.4, 0.5) is 0 Å². The van der Waals surface area contributed by atoms with Crippen molar-refractivity contribution in [1.29, 1.82) is 0 Å². The van der Waals surface area contributed by atoms with Gasteiger partial charge in [-0.05, 0) is 30.3 Å². The minimum Gasteiger partial charge on any atom is -0.312 e. The Labute approximate surface area is 146 Å². The van der Waals surface area contributed by atoms with Crippen molar-refractivity contribution in [2.75, 3.05) is 12.8 Å². The van der Waals surface area contributed by atoms with Crippen LogP contribution in [0.1, 0.15) is 11.3 Å². The zero-order valence-electron chi connectivity index (χ0n) is 13.8. The van der Waals surface area contributed by atoms with Crippen molar-refractivity contribution in [1.82, 2.24) is 20.1 Å². The third-order valence-corrected chi connectivity index (χ3v) is 5.47. The van der Waals surface area contributed by atoms with Gasteiger partial charge >= 0.3 is 0 Å². The van der Waals surface area contributed by atoms with Gasteiger partial charge in [0.2, 0.25) is 0 Å². The first-order chi connectivity index (χ1) is 12.0. The van der Waals surface area contributed by atoms with Crippen LogP contribution >= 0.6 is 0 Å². The van der Waals surface area contributed by atoms with Crippen LogP contribution in [-0.2, 0) is 22.8 Å². The van der Waals surface area contributed by atoms with E-state index in [2.05, 4.69) is 10.3 Å². The highest BCUT2D eigenvalue weighted by molar-refractivity contribution is 7.90. The summed E-state index contributed by atoms with van der Waals surface area (Å²) in [5.74, 6) is 0. The Morgan fingerprint density at radius 3 is 2.84 bits per heavy atom. The molecular weight excluding hydrogens is 336 g/mol. The SMILES string of the molecule is CS(=O)(=O)c1cccc(-n2nc(-c3cccnc3)c3c2CCNC3)c1. The lowest BCUT2D eigenvalue weighted by molar-refractivity contribution is 0.601. The average Bonchev–Trinajstić information content (AvgIpc) is 3.02. The summed E-state index contributed by atoms with van der Waals surface area (Å²) in [6.45, 7) is 1.61. The minimum atomic E-state index is -3.26. The molecular formula is C18H18N4O2S. The first-order valence-electron chi connectivity index (χ1n) is 8.06. The molecule has 0 saturated carbocycles. The van der Waals surface area contributed by atoms with Crippen molar-refractivity contribution in [3.05, 3.63) is 60.0 Å². The molecule has 0 saturated heterocycles. The number of sulfone groups is 1. The molecule has 128 valence electrons. The van der Waals surface area contributed by atoms with E-state index in [0.717, 1.165) is 47.7 Å². The average molecular weight is 354 g/mol. The third-order valence-electron chi connectivity index (χ3n) is 4.36. The van der Waals surface area contributed by atoms with Gasteiger partial charge in [-0.15, -0.1) is 0 Å². The number of rotatable bonds is 3. The number of pyridine rings is 1. The van der Waals surface area contributed by atoms with E-state index in [1.165, 1.54) is 6.26 Å². The topological polar surface area (TPSA) is 76.9 Å². The fourth-order valence-corrected chi connectivity index (χ4v) is 3.80. The van der Waals surface area contributed by atoms with Crippen LogP contribution in [0.15, 0.2) is 53.7 Å². The number of aromatic nitrogens is 3. The summed E-state index contributed by atoms with van der Waals surface area (Å²) in [7, 11) is -3.26. The highest BCUT2D eigenvalue weighted by Gasteiger charge is 2.23. The molecule has 4 rings (SSSR count). The Balaban J connectivity index is 1.90. The summed E-state index contributed by atoms with van der Waals surface area (Å²) in [5, 5.41) is 8.18. The maximum atomic E-state index is 11.9. The lowest BCUT2D eigenvalue weighted by Crippen LogP contribution is -2.24. The van der Waals surface area contributed by atoms with E-state index in [1.807, 2.05) is 22.9 Å². The fraction of sp³-hybridized carbons (Fsp3) is 0.222. The summed E-state index contributed by atoms with van der Waals surface area (Å²) in [5.41, 5.74) is 4.86. The van der Waals surface area contributed by atoms with Crippen molar-refractivity contribution in [3.8, 4) is 16.9 Å². The number of nitrogens with one attached hydrogen (secondary N) is 1. The molecule has 0 amide bonds. The molecule has 3 heterocycles. The zero-order valence-corrected chi connectivity index (χ0v) is 14.6. The van der Waals surface area contributed by atoms with E-state index < -0.39 is 9.84 Å². The molecule has 1 aliphatic heterocycles. The van der Waals surface area contributed by atoms with E-state index in [-0.39, 0.29) is 0 Å². The van der Waals surface area contributed by atoms with Crippen LogP contribution in [0.2, 0.25) is 0 Å². The number of fused-ring (bicyclic) bond motifs is 1. The number of benzene rings is 1. The Bertz CT molecular complexity index is 1030. The lowest BCUT2D eigenvalue weighted by atomic mass is 10.0. The Morgan fingerprint density at radius 1 is 1.20 bits per heavy atom. The van der Waals surface area contributed by atoms with Gasteiger partial charge < -0.3 is 5.32 Å². The van der Waals surface area contributed by atoms with Gasteiger partial charge in [0, 0.05) is 49.3 Å². The van der Waals surface area contributed by atoms with E-state index in [1.54, 1.807) is 30.6 Å². The molecule has 6 nitrogen and oxygen atoms in total. The van der Waals surface area contributed by atoms with E-state index in [0.29, 0.717) is 4.90 Å². The van der Waals surface area contributed by atoms with E-state index in [9.17, 15) is 8.42 Å². The first-order valence-corrected chi connectivity index (χ1v) is 9.95. The first kappa shape index (κ1) is 16.0. The van der Waals surface area contributed by atoms with E-state index >= 15 is 0 Å². The van der Waals surface area contributed by atoms with Crippen LogP contribution in [0.5, 0.6) is 0 Å². The van der Waals surface area contributed by atoms with Crippen LogP contribution in [0, 0.1) is 0 Å². The summed E-state index contributed by atoms with van der Waals surface area (Å²) in [4.78, 5) is 4.49. The van der Waals surface area contributed by atoms with Crippen LogP contribution in [0.3, 0.4) is 0 Å². The second-order valence-corrected chi connectivity index (χ2v) is 8.14. The Morgan fingerprint density at radius 2 is 2.08 bits per heavy atom. The molecule has 1 N–H and O–H groups in total. The molecule has 0 atom stereocenters. The molecule has 1 aromatic carbocycles. The van der Waals surface area contributed by atoms with Gasteiger partial charge in [-0.1, -0.05) is 6.07 Å². The predicted octanol–water partition coefficient (Wildman–Crippen LogP) is 1.98. The van der Waals surface area contributed by atoms with Gasteiger partial charge in [-0.3, -0.25) is 4.98 Å². The summed E-state index contributed by atoms with van der Waals surface area (Å²) in [6.07, 6.45) is 5.59. The smallest absolute Gasteiger partial charge is 0.175 e. The van der Waals surface area contributed by atoms with Crippen molar-refractivity contribution in [2.24, 2.45) is 0 Å². The molecule has 7 heteroatoms. The number of hydrogen-bond acceptors (Lipinski definition) is 5. The van der Waals surface area contributed by atoms with E-state index in [4.69, 9.17) is 5.10 Å². The third kappa shape index (κ3) is 2.96. The number of nitrogens with zero attached hydrogens (tertiary/aromatic N) is 3. The molecule has 3 aromatic rings. The molecule has 0 aliphatic carbocycles. The van der Waals surface area contributed by atoms with Gasteiger partial charge in [-0.2, -0.15) is 5.10 Å². The van der Waals surface area contributed by atoms with Crippen molar-refractivity contribution >= 4 is 9.84 Å². The van der Waals surface area contributed by atoms with Gasteiger partial charge in [0.05, 0.1) is 22.0 Å². The molecule has 0 spiro atoms. The quantitative estimate of drug-likeness (QED) is 0.778. The molecule has 2 aromatic heterocycles. The lowest BCUT2D eigenvalue weighted by Gasteiger charge is -2.16. The van der Waals surface area contributed by atoms with Crippen molar-refractivity contribution < 1.29 is 8.42 Å². The molecule has 0 unspecified atom stereocenters. The maximum Gasteiger partial charge on any atom is 0.175 e. The predicted molar refractivity (Wildman–Crippen MR) is 95.3 cm³/mol. The Kier molecular flexibility index (Phi) is 3.89. The molecule has 1 aliphatic rings. The van der Waals surface area contributed by atoms with Gasteiger partial charge in [0.1, 0.15) is 0 Å². The van der Waals surface area contributed by atoms with Gasteiger partial charge in [0.15, 0.2) is 9.84 Å². The maximum absolute atomic E-state index is 11.9. The Hall–Kier alpha value is -2.51. The van der Waals surface area contributed by atoms with Crippen molar-refractivity contribution in [3.63, 3.8) is 0 Å². The largest absolute Gasteiger partial charge is 0.312 e. The number of hydrogen-bond donors (Lipinski definition) is 1. The highest BCUT2D eigenvalue weighted by Crippen LogP contribution is 2.29. The monoisotopic (exact) mass is 354 g/mol. The normalized spacial score (nSPS) is 14.3. The molecule has 0 bridgehead atoms. The second-order valence-electron chi connectivity index (χ2n) is 6.12. The molecule has 0 radical (unpaired) electrons. The van der Waals surface area contributed by atoms with Gasteiger partial charge in [-0.25, -0.2) is 13.1 Å². The molecule has 25 heavy (non-hydrogen) atoms. The van der Waals surface area contributed by atoms with Crippen molar-refractivity contribution in [2.45, 2.75) is 17.9 Å². The van der Waals surface area contributed by atoms with Crippen LogP contribution in [0.25, 0.3) is 16.9 Å². The minimum absolute atomic E-state index is 0.297. The van der Waals surface area contributed by atoms with Crippen LogP contribution < -0.4 is 5.32 Å². The zero-order chi connectivity index (χ0) is 17.4.